The fourth-order valence-corrected chi connectivity index (χ4v) is 3.21. The molecule has 1 aromatic carbocycles. The van der Waals surface area contributed by atoms with E-state index in [1.165, 1.54) is 12.1 Å². The molecule has 8 heteroatoms. The average Bonchev–Trinajstić information content (AvgIpc) is 2.84. The van der Waals surface area contributed by atoms with Crippen LogP contribution in [-0.2, 0) is 15.7 Å². The van der Waals surface area contributed by atoms with E-state index in [0.717, 1.165) is 12.1 Å². The van der Waals surface area contributed by atoms with Gasteiger partial charge in [-0.1, -0.05) is 26.0 Å². The number of ether oxygens (including phenoxy) is 2. The highest BCUT2D eigenvalue weighted by atomic mass is 19.4. The zero-order chi connectivity index (χ0) is 19.5. The molecule has 0 aromatic heterocycles. The van der Waals surface area contributed by atoms with Gasteiger partial charge in [0.15, 0.2) is 0 Å². The standard InChI is InChI=1S/C18H22F3NO4/c1-4-25-17-16(11(2)3)14(10-22(23)24)15(26-17)9-12-5-7-13(8-6-12)18(19,20)21/h5-9,11,14,16-17H,4,10H2,1-3H3/b15-9-/t14-,16-,17-/m1/s1. The van der Waals surface area contributed by atoms with E-state index in [-0.39, 0.29) is 18.4 Å². The van der Waals surface area contributed by atoms with Crippen LogP contribution in [0.25, 0.3) is 6.08 Å². The van der Waals surface area contributed by atoms with E-state index in [1.807, 2.05) is 13.8 Å². The SMILES string of the molecule is CCO[C@@H]1O/C(=C\c2ccc(C(F)(F)F)cc2)[C@@H](C[N+](=O)[O-])[C@H]1C(C)C. The lowest BCUT2D eigenvalue weighted by molar-refractivity contribution is -0.488. The molecule has 1 fully saturated rings. The molecule has 0 saturated carbocycles. The van der Waals surface area contributed by atoms with Crippen molar-refractivity contribution in [1.82, 2.24) is 0 Å². The monoisotopic (exact) mass is 373 g/mol. The van der Waals surface area contributed by atoms with Gasteiger partial charge in [-0.15, -0.1) is 0 Å². The molecule has 3 atom stereocenters. The highest BCUT2D eigenvalue weighted by Crippen LogP contribution is 2.41. The van der Waals surface area contributed by atoms with Gasteiger partial charge < -0.3 is 9.47 Å². The number of hydrogen-bond acceptors (Lipinski definition) is 4. The number of halogens is 3. The molecule has 0 aliphatic carbocycles. The van der Waals surface area contributed by atoms with Gasteiger partial charge in [-0.05, 0) is 36.6 Å². The molecule has 1 saturated heterocycles. The molecule has 1 aliphatic heterocycles. The lowest BCUT2D eigenvalue weighted by Crippen LogP contribution is -2.31. The molecule has 26 heavy (non-hydrogen) atoms. The lowest BCUT2D eigenvalue weighted by atomic mass is 9.83. The fourth-order valence-electron chi connectivity index (χ4n) is 3.21. The van der Waals surface area contributed by atoms with Gasteiger partial charge in [-0.25, -0.2) is 0 Å². The summed E-state index contributed by atoms with van der Waals surface area (Å²) in [6.07, 6.45) is -3.46. The van der Waals surface area contributed by atoms with Crippen LogP contribution in [0.3, 0.4) is 0 Å². The number of nitro groups is 1. The average molecular weight is 373 g/mol. The van der Waals surface area contributed by atoms with Gasteiger partial charge in [0, 0.05) is 17.4 Å². The maximum Gasteiger partial charge on any atom is 0.416 e. The van der Waals surface area contributed by atoms with E-state index in [9.17, 15) is 23.3 Å². The third kappa shape index (κ3) is 4.75. The first-order valence-electron chi connectivity index (χ1n) is 8.42. The van der Waals surface area contributed by atoms with Crippen molar-refractivity contribution >= 4 is 6.08 Å². The van der Waals surface area contributed by atoms with Gasteiger partial charge in [0.25, 0.3) is 0 Å². The van der Waals surface area contributed by atoms with Crippen LogP contribution in [-0.4, -0.2) is 24.4 Å². The van der Waals surface area contributed by atoms with Crippen LogP contribution in [0, 0.1) is 27.9 Å². The molecular weight excluding hydrogens is 351 g/mol. The summed E-state index contributed by atoms with van der Waals surface area (Å²) in [6, 6.07) is 4.59. The molecule has 0 N–H and O–H groups in total. The Balaban J connectivity index is 2.34. The van der Waals surface area contributed by atoms with Gasteiger partial charge in [0.1, 0.15) is 5.76 Å². The van der Waals surface area contributed by atoms with Gasteiger partial charge in [0.05, 0.1) is 11.5 Å². The number of benzene rings is 1. The van der Waals surface area contributed by atoms with Crippen molar-refractivity contribution in [3.63, 3.8) is 0 Å². The Kier molecular flexibility index (Phi) is 6.28. The van der Waals surface area contributed by atoms with Crippen LogP contribution in [0.15, 0.2) is 30.0 Å². The Morgan fingerprint density at radius 3 is 2.38 bits per heavy atom. The minimum atomic E-state index is -4.41. The third-order valence-electron chi connectivity index (χ3n) is 4.39. The Labute approximate surface area is 149 Å². The predicted molar refractivity (Wildman–Crippen MR) is 89.6 cm³/mol. The van der Waals surface area contributed by atoms with Gasteiger partial charge in [-0.2, -0.15) is 13.2 Å². The predicted octanol–water partition coefficient (Wildman–Crippen LogP) is 4.60. The summed E-state index contributed by atoms with van der Waals surface area (Å²) in [5.74, 6) is -0.251. The molecule has 0 amide bonds. The minimum absolute atomic E-state index is 0.0787. The van der Waals surface area contributed by atoms with E-state index in [1.54, 1.807) is 13.0 Å². The van der Waals surface area contributed by atoms with Crippen molar-refractivity contribution in [2.75, 3.05) is 13.2 Å². The Hall–Kier alpha value is -2.09. The summed E-state index contributed by atoms with van der Waals surface area (Å²) in [5, 5.41) is 11.1. The van der Waals surface area contributed by atoms with E-state index in [2.05, 4.69) is 0 Å². The largest absolute Gasteiger partial charge is 0.468 e. The first-order valence-corrected chi connectivity index (χ1v) is 8.42. The van der Waals surface area contributed by atoms with Gasteiger partial charge >= 0.3 is 6.18 Å². The summed E-state index contributed by atoms with van der Waals surface area (Å²) in [6.45, 7) is 5.76. The second-order valence-electron chi connectivity index (χ2n) is 6.55. The molecule has 1 heterocycles. The van der Waals surface area contributed by atoms with Crippen molar-refractivity contribution in [3.8, 4) is 0 Å². The van der Waals surface area contributed by atoms with Crippen molar-refractivity contribution < 1.29 is 27.6 Å². The number of alkyl halides is 3. The second-order valence-corrected chi connectivity index (χ2v) is 6.55. The maximum absolute atomic E-state index is 12.7. The summed E-state index contributed by atoms with van der Waals surface area (Å²) < 4.78 is 49.4. The molecule has 144 valence electrons. The van der Waals surface area contributed by atoms with E-state index in [0.29, 0.717) is 17.9 Å². The van der Waals surface area contributed by atoms with Crippen LogP contribution >= 0.6 is 0 Å². The minimum Gasteiger partial charge on any atom is -0.468 e. The Bertz CT molecular complexity index is 655. The first-order chi connectivity index (χ1) is 12.1. The highest BCUT2D eigenvalue weighted by molar-refractivity contribution is 5.53. The van der Waals surface area contributed by atoms with Crippen LogP contribution in [0.1, 0.15) is 31.9 Å². The van der Waals surface area contributed by atoms with E-state index in [4.69, 9.17) is 9.47 Å². The maximum atomic E-state index is 12.7. The van der Waals surface area contributed by atoms with Crippen molar-refractivity contribution in [2.45, 2.75) is 33.2 Å². The summed E-state index contributed by atoms with van der Waals surface area (Å²) in [7, 11) is 0. The van der Waals surface area contributed by atoms with E-state index < -0.39 is 28.9 Å². The molecule has 0 spiro atoms. The Morgan fingerprint density at radius 2 is 1.92 bits per heavy atom. The first kappa shape index (κ1) is 20.2. The van der Waals surface area contributed by atoms with Crippen LogP contribution < -0.4 is 0 Å². The molecule has 5 nitrogen and oxygen atoms in total. The molecular formula is C18H22F3NO4. The van der Waals surface area contributed by atoms with Gasteiger partial charge in [0.2, 0.25) is 12.8 Å². The topological polar surface area (TPSA) is 61.6 Å². The second kappa shape index (κ2) is 8.07. The smallest absolute Gasteiger partial charge is 0.416 e. The summed E-state index contributed by atoms with van der Waals surface area (Å²) >= 11 is 0. The van der Waals surface area contributed by atoms with Crippen molar-refractivity contribution in [3.05, 3.63) is 51.3 Å². The molecule has 2 rings (SSSR count). The zero-order valence-electron chi connectivity index (χ0n) is 14.8. The van der Waals surface area contributed by atoms with Crippen LogP contribution in [0.2, 0.25) is 0 Å². The summed E-state index contributed by atoms with van der Waals surface area (Å²) in [4.78, 5) is 10.7. The number of rotatable bonds is 6. The van der Waals surface area contributed by atoms with Crippen molar-refractivity contribution in [1.29, 1.82) is 0 Å². The van der Waals surface area contributed by atoms with Crippen LogP contribution in [0.5, 0.6) is 0 Å². The number of hydrogen-bond donors (Lipinski definition) is 0. The van der Waals surface area contributed by atoms with Crippen molar-refractivity contribution in [2.24, 2.45) is 17.8 Å². The lowest BCUT2D eigenvalue weighted by Gasteiger charge is -2.23. The number of nitrogens with zero attached hydrogens (tertiary/aromatic N) is 1. The van der Waals surface area contributed by atoms with Crippen LogP contribution in [0.4, 0.5) is 13.2 Å². The fraction of sp³-hybridized carbons (Fsp3) is 0.556. The molecule has 0 unspecified atom stereocenters. The molecule has 0 radical (unpaired) electrons. The normalized spacial score (nSPS) is 24.9. The third-order valence-corrected chi connectivity index (χ3v) is 4.39. The highest BCUT2D eigenvalue weighted by Gasteiger charge is 2.46. The Morgan fingerprint density at radius 1 is 1.31 bits per heavy atom. The molecule has 0 bridgehead atoms. The van der Waals surface area contributed by atoms with E-state index >= 15 is 0 Å². The zero-order valence-corrected chi connectivity index (χ0v) is 14.8. The quantitative estimate of drug-likeness (QED) is 0.540. The molecule has 1 aliphatic rings. The van der Waals surface area contributed by atoms with Gasteiger partial charge in [-0.3, -0.25) is 10.1 Å². The molecule has 1 aromatic rings. The summed E-state index contributed by atoms with van der Waals surface area (Å²) in [5.41, 5.74) is -0.262.